The van der Waals surface area contributed by atoms with E-state index < -0.39 is 23.1 Å². The number of benzene rings is 1. The van der Waals surface area contributed by atoms with Crippen molar-refractivity contribution in [3.63, 3.8) is 0 Å². The van der Waals surface area contributed by atoms with Gasteiger partial charge in [0.2, 0.25) is 5.88 Å². The lowest BCUT2D eigenvalue weighted by molar-refractivity contribution is 0.0546. The second-order valence-electron chi connectivity index (χ2n) is 9.87. The van der Waals surface area contributed by atoms with Gasteiger partial charge in [0.1, 0.15) is 29.2 Å². The van der Waals surface area contributed by atoms with Gasteiger partial charge in [0, 0.05) is 16.7 Å². The first-order valence-electron chi connectivity index (χ1n) is 11.3. The van der Waals surface area contributed by atoms with Gasteiger partial charge >= 0.3 is 6.09 Å². The van der Waals surface area contributed by atoms with E-state index in [9.17, 15) is 9.59 Å². The van der Waals surface area contributed by atoms with Gasteiger partial charge < -0.3 is 24.3 Å². The average Bonchev–Trinajstić information content (AvgIpc) is 3.49. The molecule has 1 aromatic carbocycles. The number of nitrogens with one attached hydrogen (secondary N) is 2. The summed E-state index contributed by atoms with van der Waals surface area (Å²) in [7, 11) is 1.48. The van der Waals surface area contributed by atoms with Crippen LogP contribution >= 0.6 is 0 Å². The Kier molecular flexibility index (Phi) is 5.30. The topological polar surface area (TPSA) is 133 Å². The van der Waals surface area contributed by atoms with E-state index in [4.69, 9.17) is 23.9 Å². The Morgan fingerprint density at radius 2 is 1.86 bits per heavy atom. The van der Waals surface area contributed by atoms with Gasteiger partial charge in [-0.1, -0.05) is 0 Å². The van der Waals surface area contributed by atoms with Crippen LogP contribution in [0.1, 0.15) is 49.7 Å². The summed E-state index contributed by atoms with van der Waals surface area (Å²) < 4.78 is 22.2. The Morgan fingerprint density at radius 3 is 2.51 bits per heavy atom. The first kappa shape index (κ1) is 22.9. The van der Waals surface area contributed by atoms with Crippen LogP contribution in [0.25, 0.3) is 0 Å². The highest BCUT2D eigenvalue weighted by molar-refractivity contribution is 6.02. The van der Waals surface area contributed by atoms with Crippen molar-refractivity contribution in [3.05, 3.63) is 41.9 Å². The van der Waals surface area contributed by atoms with Gasteiger partial charge in [-0.25, -0.2) is 25.1 Å². The van der Waals surface area contributed by atoms with E-state index in [0.29, 0.717) is 23.9 Å². The fourth-order valence-corrected chi connectivity index (χ4v) is 4.40. The average molecular weight is 482 g/mol. The van der Waals surface area contributed by atoms with E-state index in [-0.39, 0.29) is 23.7 Å². The summed E-state index contributed by atoms with van der Waals surface area (Å²) in [5, 5.41) is 5.46. The number of rotatable bonds is 3. The van der Waals surface area contributed by atoms with Crippen LogP contribution in [-0.4, -0.2) is 53.9 Å². The van der Waals surface area contributed by atoms with Crippen molar-refractivity contribution in [2.75, 3.05) is 25.6 Å². The maximum Gasteiger partial charge on any atom is 0.415 e. The lowest BCUT2D eigenvalue weighted by Gasteiger charge is -2.39. The Balaban J connectivity index is 1.42. The van der Waals surface area contributed by atoms with Crippen LogP contribution in [0.3, 0.4) is 0 Å². The van der Waals surface area contributed by atoms with Crippen LogP contribution < -0.4 is 20.1 Å². The van der Waals surface area contributed by atoms with Crippen LogP contribution in [0.5, 0.6) is 11.6 Å². The zero-order chi connectivity index (χ0) is 24.8. The first-order valence-corrected chi connectivity index (χ1v) is 11.3. The van der Waals surface area contributed by atoms with Crippen molar-refractivity contribution in [2.45, 2.75) is 44.8 Å². The molecule has 1 aliphatic carbocycles. The number of nitrogens with zero attached hydrogens (tertiary/aromatic N) is 3. The zero-order valence-corrected chi connectivity index (χ0v) is 20.0. The highest BCUT2D eigenvalue weighted by Gasteiger charge is 2.66. The van der Waals surface area contributed by atoms with Gasteiger partial charge in [-0.3, -0.25) is 4.79 Å². The molecule has 1 atom stereocenters. The SMILES string of the molecule is COc1cnc(C(=O)Nc2ccc3c(c2)C2(COC(NC(=O)OC(C)(C)C)=N2)C2(CC2)CO3)cn1. The van der Waals surface area contributed by atoms with Gasteiger partial charge in [-0.2, -0.15) is 0 Å². The number of aromatic nitrogens is 2. The van der Waals surface area contributed by atoms with Crippen molar-refractivity contribution in [1.29, 1.82) is 0 Å². The second kappa shape index (κ2) is 8.10. The molecule has 2 aromatic rings. The number of methoxy groups -OCH3 is 1. The van der Waals surface area contributed by atoms with Crippen molar-refractivity contribution in [3.8, 4) is 11.6 Å². The van der Waals surface area contributed by atoms with E-state index in [1.807, 2.05) is 6.07 Å². The van der Waals surface area contributed by atoms with E-state index >= 15 is 0 Å². The molecule has 3 heterocycles. The van der Waals surface area contributed by atoms with Crippen molar-refractivity contribution < 1.29 is 28.5 Å². The van der Waals surface area contributed by atoms with E-state index in [1.165, 1.54) is 19.5 Å². The molecular formula is C24H27N5O6. The maximum atomic E-state index is 12.7. The second-order valence-corrected chi connectivity index (χ2v) is 9.87. The number of amides is 2. The van der Waals surface area contributed by atoms with Gasteiger partial charge in [0.25, 0.3) is 11.9 Å². The summed E-state index contributed by atoms with van der Waals surface area (Å²) in [5.74, 6) is 0.570. The monoisotopic (exact) mass is 481 g/mol. The number of carbonyl (C=O) groups excluding carboxylic acids is 2. The smallest absolute Gasteiger partial charge is 0.415 e. The van der Waals surface area contributed by atoms with Gasteiger partial charge in [0.15, 0.2) is 0 Å². The molecule has 2 N–H and O–H groups in total. The molecule has 2 aliphatic heterocycles. The highest BCUT2D eigenvalue weighted by atomic mass is 16.6. The third-order valence-corrected chi connectivity index (χ3v) is 6.31. The molecule has 5 rings (SSSR count). The molecule has 0 radical (unpaired) electrons. The molecule has 1 aromatic heterocycles. The molecule has 1 fully saturated rings. The fourth-order valence-electron chi connectivity index (χ4n) is 4.40. The molecule has 2 amide bonds. The van der Waals surface area contributed by atoms with Crippen LogP contribution in [0.4, 0.5) is 10.5 Å². The van der Waals surface area contributed by atoms with Crippen molar-refractivity contribution in [1.82, 2.24) is 15.3 Å². The minimum atomic E-state index is -0.744. The lowest BCUT2D eigenvalue weighted by atomic mass is 9.74. The summed E-state index contributed by atoms with van der Waals surface area (Å²) in [6.07, 6.45) is 3.92. The molecule has 35 heavy (non-hydrogen) atoms. The Morgan fingerprint density at radius 1 is 1.06 bits per heavy atom. The Hall–Kier alpha value is -3.89. The number of carbonyl (C=O) groups is 2. The van der Waals surface area contributed by atoms with Crippen LogP contribution in [0.15, 0.2) is 35.6 Å². The molecule has 0 saturated heterocycles. The maximum absolute atomic E-state index is 12.7. The number of hydrogen-bond acceptors (Lipinski definition) is 9. The Bertz CT molecular complexity index is 1200. The number of ether oxygens (including phenoxy) is 4. The van der Waals surface area contributed by atoms with Gasteiger partial charge in [0.05, 0.1) is 26.1 Å². The van der Waals surface area contributed by atoms with E-state index in [2.05, 4.69) is 20.6 Å². The molecule has 11 heteroatoms. The minimum absolute atomic E-state index is 0.112. The zero-order valence-electron chi connectivity index (χ0n) is 20.0. The number of aliphatic imine (C=N–C) groups is 1. The van der Waals surface area contributed by atoms with Crippen LogP contribution in [0, 0.1) is 5.41 Å². The minimum Gasteiger partial charge on any atom is -0.493 e. The first-order chi connectivity index (χ1) is 16.6. The van der Waals surface area contributed by atoms with Crippen molar-refractivity contribution in [2.24, 2.45) is 10.4 Å². The molecule has 2 spiro atoms. The van der Waals surface area contributed by atoms with Crippen molar-refractivity contribution >= 4 is 23.7 Å². The number of anilines is 1. The molecule has 1 saturated carbocycles. The number of amidine groups is 1. The Labute approximate surface area is 202 Å². The molecular weight excluding hydrogens is 454 g/mol. The number of hydrogen-bond donors (Lipinski definition) is 2. The quantitative estimate of drug-likeness (QED) is 0.684. The van der Waals surface area contributed by atoms with E-state index in [0.717, 1.165) is 18.4 Å². The largest absolute Gasteiger partial charge is 0.493 e. The molecule has 184 valence electrons. The summed E-state index contributed by atoms with van der Waals surface area (Å²) >= 11 is 0. The van der Waals surface area contributed by atoms with E-state index in [1.54, 1.807) is 32.9 Å². The predicted molar refractivity (Wildman–Crippen MR) is 125 cm³/mol. The highest BCUT2D eigenvalue weighted by Crippen LogP contribution is 2.65. The molecule has 0 bridgehead atoms. The lowest BCUT2D eigenvalue weighted by Crippen LogP contribution is -2.44. The molecule has 11 nitrogen and oxygen atoms in total. The van der Waals surface area contributed by atoms with Gasteiger partial charge in [-0.15, -0.1) is 0 Å². The summed E-state index contributed by atoms with van der Waals surface area (Å²) in [4.78, 5) is 38.0. The third-order valence-electron chi connectivity index (χ3n) is 6.31. The number of alkyl carbamates (subject to hydrolysis) is 1. The van der Waals surface area contributed by atoms with Crippen LogP contribution in [0.2, 0.25) is 0 Å². The predicted octanol–water partition coefficient (Wildman–Crippen LogP) is 3.02. The van der Waals surface area contributed by atoms with Crippen LogP contribution in [-0.2, 0) is 15.0 Å². The summed E-state index contributed by atoms with van der Waals surface area (Å²) in [5.41, 5.74) is -0.130. The summed E-state index contributed by atoms with van der Waals surface area (Å²) in [6.45, 7) is 6.10. The van der Waals surface area contributed by atoms with Gasteiger partial charge in [-0.05, 0) is 51.8 Å². The number of fused-ring (bicyclic) bond motifs is 3. The molecule has 1 unspecified atom stereocenters. The molecule has 3 aliphatic rings. The standard InChI is InChI=1S/C24H27N5O6/c1-22(2,3)35-21(31)28-20-29-24(13-34-20)15-9-14(5-6-17(15)33-12-23(24)7-8-23)27-19(30)16-10-26-18(32-4)11-25-16/h5-6,9-11H,7-8,12-13H2,1-4H3,(H,27,30)(H,28,29,31). The normalized spacial score (nSPS) is 21.3. The fraction of sp³-hybridized carbons (Fsp3) is 0.458. The summed E-state index contributed by atoms with van der Waals surface area (Å²) in [6, 6.07) is 5.51. The third kappa shape index (κ3) is 4.22.